The first-order valence-electron chi connectivity index (χ1n) is 9.96. The topological polar surface area (TPSA) is 61.4 Å². The van der Waals surface area contributed by atoms with Crippen molar-refractivity contribution in [2.45, 2.75) is 51.4 Å². The summed E-state index contributed by atoms with van der Waals surface area (Å²) < 4.78 is 0. The second-order valence-corrected chi connectivity index (χ2v) is 8.28. The van der Waals surface area contributed by atoms with Crippen molar-refractivity contribution in [3.63, 3.8) is 0 Å². The van der Waals surface area contributed by atoms with Crippen LogP contribution in [0.25, 0.3) is 0 Å². The predicted molar refractivity (Wildman–Crippen MR) is 102 cm³/mol. The maximum atomic E-state index is 12.3. The molecular formula is C21H29N3O2. The highest BCUT2D eigenvalue weighted by Crippen LogP contribution is 2.41. The van der Waals surface area contributed by atoms with Gasteiger partial charge in [0.1, 0.15) is 0 Å². The molecule has 3 fully saturated rings. The van der Waals surface area contributed by atoms with E-state index < -0.39 is 0 Å². The molecule has 26 heavy (non-hydrogen) atoms. The standard InChI is InChI=1S/C21H29N3O2/c1-15-2-3-16(14-18(15)17-4-5-19(25)23-20(17)26)24-12-8-21(9-13-24)6-10-22-11-7-21/h2-3,14,17,22H,4-13H2,1H3,(H,23,25,26). The summed E-state index contributed by atoms with van der Waals surface area (Å²) in [6, 6.07) is 6.50. The molecule has 0 aromatic heterocycles. The van der Waals surface area contributed by atoms with Crippen LogP contribution in [-0.4, -0.2) is 38.0 Å². The van der Waals surface area contributed by atoms with Crippen molar-refractivity contribution in [1.29, 1.82) is 0 Å². The van der Waals surface area contributed by atoms with Crippen LogP contribution in [0.2, 0.25) is 0 Å². The van der Waals surface area contributed by atoms with E-state index >= 15 is 0 Å². The number of hydrogen-bond donors (Lipinski definition) is 2. The molecule has 1 aromatic rings. The van der Waals surface area contributed by atoms with Crippen molar-refractivity contribution in [3.05, 3.63) is 29.3 Å². The fourth-order valence-corrected chi connectivity index (χ4v) is 4.89. The Labute approximate surface area is 155 Å². The van der Waals surface area contributed by atoms with Gasteiger partial charge in [-0.3, -0.25) is 14.9 Å². The highest BCUT2D eigenvalue weighted by molar-refractivity contribution is 6.01. The van der Waals surface area contributed by atoms with Crippen LogP contribution in [0, 0.1) is 12.3 Å². The molecule has 0 radical (unpaired) electrons. The molecule has 3 heterocycles. The predicted octanol–water partition coefficient (Wildman–Crippen LogP) is 2.49. The average Bonchev–Trinajstić information content (AvgIpc) is 2.64. The number of carbonyl (C=O) groups is 2. The maximum absolute atomic E-state index is 12.3. The van der Waals surface area contributed by atoms with Gasteiger partial charge in [-0.25, -0.2) is 0 Å². The third-order valence-corrected chi connectivity index (χ3v) is 6.73. The third kappa shape index (κ3) is 3.37. The van der Waals surface area contributed by atoms with Gasteiger partial charge < -0.3 is 10.2 Å². The van der Waals surface area contributed by atoms with E-state index in [-0.39, 0.29) is 17.7 Å². The van der Waals surface area contributed by atoms with E-state index in [9.17, 15) is 9.59 Å². The van der Waals surface area contributed by atoms with Gasteiger partial charge in [-0.1, -0.05) is 6.07 Å². The monoisotopic (exact) mass is 355 g/mol. The normalized spacial score (nSPS) is 26.0. The second-order valence-electron chi connectivity index (χ2n) is 8.28. The van der Waals surface area contributed by atoms with E-state index in [0.717, 1.165) is 37.3 Å². The molecule has 1 aromatic carbocycles. The molecular weight excluding hydrogens is 326 g/mol. The highest BCUT2D eigenvalue weighted by atomic mass is 16.2. The summed E-state index contributed by atoms with van der Waals surface area (Å²) in [7, 11) is 0. The smallest absolute Gasteiger partial charge is 0.234 e. The maximum Gasteiger partial charge on any atom is 0.234 e. The van der Waals surface area contributed by atoms with Crippen LogP contribution in [0.4, 0.5) is 5.69 Å². The molecule has 1 unspecified atom stereocenters. The Morgan fingerprint density at radius 3 is 2.50 bits per heavy atom. The zero-order valence-corrected chi connectivity index (χ0v) is 15.6. The fraction of sp³-hybridized carbons (Fsp3) is 0.619. The number of imide groups is 1. The first-order valence-corrected chi connectivity index (χ1v) is 9.96. The lowest BCUT2D eigenvalue weighted by molar-refractivity contribution is -0.134. The van der Waals surface area contributed by atoms with Gasteiger partial charge >= 0.3 is 0 Å². The zero-order chi connectivity index (χ0) is 18.1. The molecule has 0 bridgehead atoms. The number of amides is 2. The molecule has 3 saturated heterocycles. The summed E-state index contributed by atoms with van der Waals surface area (Å²) in [5.41, 5.74) is 3.97. The van der Waals surface area contributed by atoms with Crippen LogP contribution < -0.4 is 15.5 Å². The molecule has 3 aliphatic heterocycles. The largest absolute Gasteiger partial charge is 0.371 e. The van der Waals surface area contributed by atoms with E-state index in [0.29, 0.717) is 18.3 Å². The Morgan fingerprint density at radius 2 is 1.81 bits per heavy atom. The van der Waals surface area contributed by atoms with Crippen molar-refractivity contribution < 1.29 is 9.59 Å². The number of nitrogens with one attached hydrogen (secondary N) is 2. The van der Waals surface area contributed by atoms with Crippen molar-refractivity contribution in [2.75, 3.05) is 31.1 Å². The minimum absolute atomic E-state index is 0.145. The number of rotatable bonds is 2. The molecule has 5 heteroatoms. The number of anilines is 1. The molecule has 0 saturated carbocycles. The lowest BCUT2D eigenvalue weighted by Crippen LogP contribution is -2.45. The van der Waals surface area contributed by atoms with Gasteiger partial charge in [-0.05, 0) is 80.8 Å². The van der Waals surface area contributed by atoms with Crippen LogP contribution in [0.3, 0.4) is 0 Å². The summed E-state index contributed by atoms with van der Waals surface area (Å²) >= 11 is 0. The number of piperidine rings is 3. The molecule has 4 rings (SSSR count). The molecule has 140 valence electrons. The number of benzene rings is 1. The van der Waals surface area contributed by atoms with Crippen molar-refractivity contribution >= 4 is 17.5 Å². The van der Waals surface area contributed by atoms with Crippen LogP contribution in [-0.2, 0) is 9.59 Å². The summed E-state index contributed by atoms with van der Waals surface area (Å²) in [6.45, 7) is 6.56. The van der Waals surface area contributed by atoms with Crippen molar-refractivity contribution in [1.82, 2.24) is 10.6 Å². The lowest BCUT2D eigenvalue weighted by atomic mass is 9.71. The van der Waals surface area contributed by atoms with Gasteiger partial charge in [-0.2, -0.15) is 0 Å². The van der Waals surface area contributed by atoms with Gasteiger partial charge in [0.25, 0.3) is 0 Å². The van der Waals surface area contributed by atoms with E-state index in [1.807, 2.05) is 0 Å². The van der Waals surface area contributed by atoms with Gasteiger partial charge in [-0.15, -0.1) is 0 Å². The second kappa shape index (κ2) is 7.03. The number of carbonyl (C=O) groups excluding carboxylic acids is 2. The Hall–Kier alpha value is -1.88. The van der Waals surface area contributed by atoms with E-state index in [4.69, 9.17) is 0 Å². The first kappa shape index (κ1) is 17.5. The summed E-state index contributed by atoms with van der Waals surface area (Å²) in [5, 5.41) is 5.98. The summed E-state index contributed by atoms with van der Waals surface area (Å²) in [6.07, 6.45) is 6.17. The Morgan fingerprint density at radius 1 is 1.08 bits per heavy atom. The minimum Gasteiger partial charge on any atom is -0.371 e. The summed E-state index contributed by atoms with van der Waals surface area (Å²) in [4.78, 5) is 26.2. The highest BCUT2D eigenvalue weighted by Gasteiger charge is 2.36. The van der Waals surface area contributed by atoms with Crippen LogP contribution in [0.15, 0.2) is 18.2 Å². The van der Waals surface area contributed by atoms with Gasteiger partial charge in [0.2, 0.25) is 11.8 Å². The fourth-order valence-electron chi connectivity index (χ4n) is 4.89. The molecule has 2 amide bonds. The van der Waals surface area contributed by atoms with E-state index in [2.05, 4.69) is 40.7 Å². The average molecular weight is 355 g/mol. The molecule has 3 aliphatic rings. The summed E-state index contributed by atoms with van der Waals surface area (Å²) in [5.74, 6) is -0.495. The van der Waals surface area contributed by atoms with Crippen LogP contribution in [0.5, 0.6) is 0 Å². The van der Waals surface area contributed by atoms with Crippen LogP contribution in [0.1, 0.15) is 55.6 Å². The van der Waals surface area contributed by atoms with Gasteiger partial charge in [0, 0.05) is 25.2 Å². The Kier molecular flexibility index (Phi) is 4.74. The Bertz CT molecular complexity index is 699. The van der Waals surface area contributed by atoms with Gasteiger partial charge in [0.05, 0.1) is 5.92 Å². The number of aryl methyl sites for hydroxylation is 1. The SMILES string of the molecule is Cc1ccc(N2CCC3(CCNCC3)CC2)cc1C1CCC(=O)NC1=O. The Balaban J connectivity index is 1.50. The third-order valence-electron chi connectivity index (χ3n) is 6.73. The number of nitrogens with zero attached hydrogens (tertiary/aromatic N) is 1. The van der Waals surface area contributed by atoms with E-state index in [1.54, 1.807) is 0 Å². The first-order chi connectivity index (χ1) is 12.6. The van der Waals surface area contributed by atoms with Crippen molar-refractivity contribution in [2.24, 2.45) is 5.41 Å². The zero-order valence-electron chi connectivity index (χ0n) is 15.6. The van der Waals surface area contributed by atoms with E-state index in [1.165, 1.54) is 31.4 Å². The molecule has 1 spiro atoms. The lowest BCUT2D eigenvalue weighted by Gasteiger charge is -2.45. The number of hydrogen-bond acceptors (Lipinski definition) is 4. The van der Waals surface area contributed by atoms with Crippen LogP contribution >= 0.6 is 0 Å². The molecule has 1 atom stereocenters. The minimum atomic E-state index is -0.201. The molecule has 0 aliphatic carbocycles. The molecule has 2 N–H and O–H groups in total. The molecule has 5 nitrogen and oxygen atoms in total. The quantitative estimate of drug-likeness (QED) is 0.800. The van der Waals surface area contributed by atoms with Crippen molar-refractivity contribution in [3.8, 4) is 0 Å². The van der Waals surface area contributed by atoms with Gasteiger partial charge in [0.15, 0.2) is 0 Å².